The fourth-order valence-corrected chi connectivity index (χ4v) is 4.13. The van der Waals surface area contributed by atoms with Gasteiger partial charge in [0.05, 0.1) is 17.8 Å². The number of fused-ring (bicyclic) bond motifs is 1. The molecule has 1 fully saturated rings. The van der Waals surface area contributed by atoms with E-state index in [1.165, 1.54) is 0 Å². The zero-order chi connectivity index (χ0) is 12.0. The second-order valence-electron chi connectivity index (χ2n) is 4.60. The number of carbonyl (C=O) groups excluding carboxylic acids is 1. The molecule has 1 saturated carbocycles. The van der Waals surface area contributed by atoms with Crippen LogP contribution in [0.4, 0.5) is 10.6 Å². The Morgan fingerprint density at radius 3 is 3.06 bits per heavy atom. The van der Waals surface area contributed by atoms with E-state index in [-0.39, 0.29) is 10.7 Å². The minimum atomic E-state index is -1.14. The van der Waals surface area contributed by atoms with Crippen molar-refractivity contribution in [2.45, 2.75) is 26.7 Å². The Morgan fingerprint density at radius 2 is 2.41 bits per heavy atom. The second-order valence-corrected chi connectivity index (χ2v) is 6.45. The monoisotopic (exact) mass is 253 g/mol. The minimum Gasteiger partial charge on any atom is -0.458 e. The number of thiol groups is 1. The Balaban J connectivity index is 1.98. The first-order valence-corrected chi connectivity index (χ1v) is 7.04. The third kappa shape index (κ3) is 1.58. The molecule has 1 aliphatic heterocycles. The Morgan fingerprint density at radius 1 is 1.65 bits per heavy atom. The SMILES string of the molecule is CCOC(=O)[SH]1C(C2(C)CC2)=Nc2cncn21. The number of hydrogen-bond acceptors (Lipinski definition) is 4. The highest BCUT2D eigenvalue weighted by Gasteiger charge is 2.49. The number of hydrogen-bond donors (Lipinski definition) is 1. The van der Waals surface area contributed by atoms with Crippen LogP contribution in [0.15, 0.2) is 17.5 Å². The van der Waals surface area contributed by atoms with E-state index in [9.17, 15) is 4.79 Å². The summed E-state index contributed by atoms with van der Waals surface area (Å²) in [7, 11) is 0. The highest BCUT2D eigenvalue weighted by molar-refractivity contribution is 8.40. The molecule has 1 aliphatic carbocycles. The van der Waals surface area contributed by atoms with Crippen molar-refractivity contribution in [3.8, 4) is 0 Å². The molecule has 5 nitrogen and oxygen atoms in total. The maximum atomic E-state index is 12.1. The Labute approximate surface area is 102 Å². The zero-order valence-corrected chi connectivity index (χ0v) is 10.8. The van der Waals surface area contributed by atoms with E-state index in [0.29, 0.717) is 6.61 Å². The predicted molar refractivity (Wildman–Crippen MR) is 68.1 cm³/mol. The zero-order valence-electron chi connectivity index (χ0n) is 9.88. The molecular formula is C11H15N3O2S. The molecule has 0 saturated heterocycles. The van der Waals surface area contributed by atoms with Crippen molar-refractivity contribution in [1.29, 1.82) is 0 Å². The molecule has 1 aromatic heterocycles. The van der Waals surface area contributed by atoms with Crippen molar-refractivity contribution in [2.75, 3.05) is 6.61 Å². The van der Waals surface area contributed by atoms with Crippen LogP contribution in [-0.4, -0.2) is 25.9 Å². The number of aromatic nitrogens is 2. The molecule has 92 valence electrons. The van der Waals surface area contributed by atoms with Crippen molar-refractivity contribution >= 4 is 27.2 Å². The van der Waals surface area contributed by atoms with Gasteiger partial charge >= 0.3 is 5.30 Å². The van der Waals surface area contributed by atoms with Crippen molar-refractivity contribution in [1.82, 2.24) is 8.96 Å². The number of rotatable bonds is 2. The van der Waals surface area contributed by atoms with Gasteiger partial charge < -0.3 is 4.74 Å². The summed E-state index contributed by atoms with van der Waals surface area (Å²) >= 11 is -1.14. The van der Waals surface area contributed by atoms with Crippen molar-refractivity contribution in [3.63, 3.8) is 0 Å². The summed E-state index contributed by atoms with van der Waals surface area (Å²) in [6.07, 6.45) is 5.61. The average Bonchev–Trinajstić information content (AvgIpc) is 2.76. The quantitative estimate of drug-likeness (QED) is 0.651. The number of ether oxygens (including phenoxy) is 1. The molecule has 3 rings (SSSR count). The smallest absolute Gasteiger partial charge is 0.369 e. The van der Waals surface area contributed by atoms with Gasteiger partial charge in [-0.2, -0.15) is 0 Å². The normalized spacial score (nSPS) is 26.2. The van der Waals surface area contributed by atoms with Crippen molar-refractivity contribution in [2.24, 2.45) is 10.4 Å². The molecule has 1 atom stereocenters. The van der Waals surface area contributed by atoms with Gasteiger partial charge in [0.2, 0.25) is 0 Å². The predicted octanol–water partition coefficient (Wildman–Crippen LogP) is 2.65. The van der Waals surface area contributed by atoms with Crippen LogP contribution in [0.5, 0.6) is 0 Å². The third-order valence-electron chi connectivity index (χ3n) is 3.22. The molecule has 1 aromatic rings. The molecule has 0 radical (unpaired) electrons. The molecule has 6 heteroatoms. The van der Waals surface area contributed by atoms with Gasteiger partial charge in [-0.25, -0.2) is 14.8 Å². The highest BCUT2D eigenvalue weighted by Crippen LogP contribution is 2.58. The Bertz CT molecular complexity index is 505. The first-order valence-electron chi connectivity index (χ1n) is 5.74. The average molecular weight is 253 g/mol. The molecule has 0 spiro atoms. The number of nitrogens with zero attached hydrogens (tertiary/aromatic N) is 3. The summed E-state index contributed by atoms with van der Waals surface area (Å²) in [5, 5.41) is 0.842. The number of aliphatic imine (C=N–C) groups is 1. The molecule has 2 heterocycles. The van der Waals surface area contributed by atoms with Gasteiger partial charge in [0.1, 0.15) is 6.33 Å². The summed E-state index contributed by atoms with van der Waals surface area (Å²) in [5.74, 6) is 0.785. The van der Waals surface area contributed by atoms with Crippen LogP contribution in [0.2, 0.25) is 0 Å². The maximum Gasteiger partial charge on any atom is 0.369 e. The van der Waals surface area contributed by atoms with Crippen LogP contribution in [0.1, 0.15) is 26.7 Å². The maximum absolute atomic E-state index is 12.1. The van der Waals surface area contributed by atoms with Gasteiger partial charge in [-0.05, 0) is 30.8 Å². The summed E-state index contributed by atoms with van der Waals surface area (Å²) in [5.41, 5.74) is 0.109. The summed E-state index contributed by atoms with van der Waals surface area (Å²) in [6, 6.07) is 0. The topological polar surface area (TPSA) is 56.5 Å². The second kappa shape index (κ2) is 3.60. The van der Waals surface area contributed by atoms with E-state index in [0.717, 1.165) is 23.7 Å². The summed E-state index contributed by atoms with van der Waals surface area (Å²) in [4.78, 5) is 20.7. The highest BCUT2D eigenvalue weighted by atomic mass is 32.2. The number of carbonyl (C=O) groups is 1. The lowest BCUT2D eigenvalue weighted by molar-refractivity contribution is 0.181. The van der Waals surface area contributed by atoms with Gasteiger partial charge in [-0.3, -0.25) is 3.97 Å². The first-order chi connectivity index (χ1) is 8.15. The standard InChI is InChI=1S/C11H15N3O2S/c1-3-16-10(15)17-9(11(2)4-5-11)13-8-6-12-7-14(8)17/h6-7,17H,3-5H2,1-2H3. The van der Waals surface area contributed by atoms with Crippen LogP contribution >= 0.6 is 11.1 Å². The van der Waals surface area contributed by atoms with E-state index < -0.39 is 11.1 Å². The summed E-state index contributed by atoms with van der Waals surface area (Å²) in [6.45, 7) is 4.40. The molecule has 0 amide bonds. The van der Waals surface area contributed by atoms with Gasteiger partial charge in [0.25, 0.3) is 0 Å². The van der Waals surface area contributed by atoms with E-state index in [1.54, 1.807) is 12.5 Å². The van der Waals surface area contributed by atoms with Gasteiger partial charge in [0.15, 0.2) is 5.82 Å². The van der Waals surface area contributed by atoms with E-state index in [1.807, 2.05) is 10.9 Å². The van der Waals surface area contributed by atoms with Gasteiger partial charge in [0, 0.05) is 5.41 Å². The Kier molecular flexibility index (Phi) is 2.29. The first kappa shape index (κ1) is 10.8. The van der Waals surface area contributed by atoms with Crippen LogP contribution in [0.25, 0.3) is 0 Å². The molecule has 2 aliphatic rings. The number of imidazole rings is 1. The van der Waals surface area contributed by atoms with Crippen LogP contribution in [-0.2, 0) is 4.74 Å². The Hall–Kier alpha value is -1.30. The lowest BCUT2D eigenvalue weighted by Crippen LogP contribution is -2.18. The van der Waals surface area contributed by atoms with Crippen molar-refractivity contribution < 1.29 is 9.53 Å². The fraction of sp³-hybridized carbons (Fsp3) is 0.545. The van der Waals surface area contributed by atoms with Crippen LogP contribution in [0.3, 0.4) is 0 Å². The third-order valence-corrected chi connectivity index (χ3v) is 5.47. The molecule has 1 unspecified atom stereocenters. The van der Waals surface area contributed by atoms with E-state index >= 15 is 0 Å². The molecular weight excluding hydrogens is 238 g/mol. The molecule has 0 bridgehead atoms. The molecule has 17 heavy (non-hydrogen) atoms. The van der Waals surface area contributed by atoms with Crippen LogP contribution in [0, 0.1) is 5.41 Å². The summed E-state index contributed by atoms with van der Waals surface area (Å²) < 4.78 is 7.03. The van der Waals surface area contributed by atoms with Gasteiger partial charge in [-0.1, -0.05) is 6.92 Å². The molecule has 0 N–H and O–H groups in total. The lowest BCUT2D eigenvalue weighted by atomic mass is 10.2. The lowest BCUT2D eigenvalue weighted by Gasteiger charge is -2.21. The van der Waals surface area contributed by atoms with Crippen molar-refractivity contribution in [3.05, 3.63) is 12.5 Å². The van der Waals surface area contributed by atoms with Crippen LogP contribution < -0.4 is 0 Å². The van der Waals surface area contributed by atoms with Gasteiger partial charge in [-0.15, -0.1) is 0 Å². The van der Waals surface area contributed by atoms with E-state index in [4.69, 9.17) is 4.74 Å². The minimum absolute atomic E-state index is 0.109. The van der Waals surface area contributed by atoms with E-state index in [2.05, 4.69) is 16.9 Å². The molecule has 0 aromatic carbocycles. The fourth-order valence-electron chi connectivity index (χ4n) is 1.93. The largest absolute Gasteiger partial charge is 0.458 e.